The van der Waals surface area contributed by atoms with Crippen LogP contribution in [-0.4, -0.2) is 47.8 Å². The highest BCUT2D eigenvalue weighted by Gasteiger charge is 2.22. The van der Waals surface area contributed by atoms with E-state index < -0.39 is 12.0 Å². The molecule has 1 rings (SSSR count). The molecule has 0 bridgehead atoms. The number of hydrogen-bond donors (Lipinski definition) is 1. The fraction of sp³-hybridized carbons (Fsp3) is 0.455. The van der Waals surface area contributed by atoms with Gasteiger partial charge >= 0.3 is 5.97 Å². The monoisotopic (exact) mass is 224 g/mol. The lowest BCUT2D eigenvalue weighted by molar-refractivity contribution is -0.144. The summed E-state index contributed by atoms with van der Waals surface area (Å²) in [6.07, 6.45) is 3.41. The summed E-state index contributed by atoms with van der Waals surface area (Å²) in [6.45, 7) is 0.709. The van der Waals surface area contributed by atoms with Gasteiger partial charge in [-0.1, -0.05) is 6.07 Å². The van der Waals surface area contributed by atoms with Crippen molar-refractivity contribution in [2.75, 3.05) is 20.8 Å². The van der Waals surface area contributed by atoms with E-state index in [-0.39, 0.29) is 6.61 Å². The van der Waals surface area contributed by atoms with E-state index in [9.17, 15) is 4.79 Å². The predicted molar refractivity (Wildman–Crippen MR) is 59.0 cm³/mol. The molecule has 1 atom stereocenters. The van der Waals surface area contributed by atoms with Crippen molar-refractivity contribution in [3.8, 4) is 0 Å². The van der Waals surface area contributed by atoms with Crippen LogP contribution in [0.2, 0.25) is 0 Å². The van der Waals surface area contributed by atoms with E-state index in [0.717, 1.165) is 5.56 Å². The van der Waals surface area contributed by atoms with Gasteiger partial charge < -0.3 is 9.84 Å². The minimum atomic E-state index is -0.881. The van der Waals surface area contributed by atoms with Crippen molar-refractivity contribution in [1.82, 2.24) is 9.88 Å². The van der Waals surface area contributed by atoms with Crippen LogP contribution in [-0.2, 0) is 16.1 Å². The molecule has 1 aromatic rings. The molecule has 0 saturated heterocycles. The lowest BCUT2D eigenvalue weighted by atomic mass is 10.2. The molecule has 0 aliphatic rings. The number of aliphatic carboxylic acids is 1. The fourth-order valence-corrected chi connectivity index (χ4v) is 1.43. The van der Waals surface area contributed by atoms with Gasteiger partial charge in [-0.05, 0) is 18.7 Å². The summed E-state index contributed by atoms with van der Waals surface area (Å²) >= 11 is 0. The van der Waals surface area contributed by atoms with E-state index >= 15 is 0 Å². The van der Waals surface area contributed by atoms with Crippen LogP contribution in [0.15, 0.2) is 24.5 Å². The molecule has 1 aromatic heterocycles. The first kappa shape index (κ1) is 12.6. The quantitative estimate of drug-likeness (QED) is 0.767. The molecule has 0 fully saturated rings. The molecule has 0 saturated carbocycles. The number of hydrogen-bond acceptors (Lipinski definition) is 4. The van der Waals surface area contributed by atoms with Crippen molar-refractivity contribution >= 4 is 5.97 Å². The van der Waals surface area contributed by atoms with Crippen molar-refractivity contribution in [2.45, 2.75) is 12.6 Å². The Bertz CT molecular complexity index is 329. The van der Waals surface area contributed by atoms with Gasteiger partial charge in [-0.25, -0.2) is 0 Å². The summed E-state index contributed by atoms with van der Waals surface area (Å²) in [5.41, 5.74) is 0.979. The molecule has 1 unspecified atom stereocenters. The van der Waals surface area contributed by atoms with Gasteiger partial charge in [0.25, 0.3) is 0 Å². The maximum absolute atomic E-state index is 11.0. The molecule has 0 spiro atoms. The van der Waals surface area contributed by atoms with E-state index in [4.69, 9.17) is 9.84 Å². The summed E-state index contributed by atoms with van der Waals surface area (Å²) in [7, 11) is 3.25. The summed E-state index contributed by atoms with van der Waals surface area (Å²) < 4.78 is 4.89. The van der Waals surface area contributed by atoms with Crippen LogP contribution in [0.25, 0.3) is 0 Å². The van der Waals surface area contributed by atoms with Crippen molar-refractivity contribution in [2.24, 2.45) is 0 Å². The number of pyridine rings is 1. The van der Waals surface area contributed by atoms with E-state index in [1.165, 1.54) is 7.11 Å². The molecule has 1 heterocycles. The maximum atomic E-state index is 11.0. The van der Waals surface area contributed by atoms with Crippen LogP contribution < -0.4 is 0 Å². The Kier molecular flexibility index (Phi) is 4.88. The number of aromatic nitrogens is 1. The molecule has 88 valence electrons. The van der Waals surface area contributed by atoms with Crippen LogP contribution in [0.4, 0.5) is 0 Å². The second-order valence-corrected chi connectivity index (χ2v) is 3.59. The summed E-state index contributed by atoms with van der Waals surface area (Å²) in [5.74, 6) is -0.881. The Hall–Kier alpha value is -1.46. The van der Waals surface area contributed by atoms with Crippen molar-refractivity contribution in [1.29, 1.82) is 0 Å². The lowest BCUT2D eigenvalue weighted by Gasteiger charge is -2.23. The Morgan fingerprint density at radius 3 is 2.94 bits per heavy atom. The van der Waals surface area contributed by atoms with Gasteiger partial charge in [0.2, 0.25) is 0 Å². The number of carbonyl (C=O) groups is 1. The van der Waals surface area contributed by atoms with Gasteiger partial charge in [0.15, 0.2) is 0 Å². The Labute approximate surface area is 94.7 Å². The first-order chi connectivity index (χ1) is 7.65. The lowest BCUT2D eigenvalue weighted by Crippen LogP contribution is -2.41. The zero-order chi connectivity index (χ0) is 12.0. The molecule has 5 heteroatoms. The smallest absolute Gasteiger partial charge is 0.323 e. The summed E-state index contributed by atoms with van der Waals surface area (Å²) in [4.78, 5) is 16.7. The minimum Gasteiger partial charge on any atom is -0.480 e. The van der Waals surface area contributed by atoms with Gasteiger partial charge in [-0.3, -0.25) is 14.7 Å². The molecular formula is C11H16N2O3. The average molecular weight is 224 g/mol. The highest BCUT2D eigenvalue weighted by Crippen LogP contribution is 2.05. The average Bonchev–Trinajstić information content (AvgIpc) is 2.26. The van der Waals surface area contributed by atoms with Gasteiger partial charge in [0.1, 0.15) is 6.04 Å². The van der Waals surface area contributed by atoms with Crippen LogP contribution in [0.1, 0.15) is 5.56 Å². The van der Waals surface area contributed by atoms with E-state index in [2.05, 4.69) is 4.98 Å². The van der Waals surface area contributed by atoms with Crippen molar-refractivity contribution in [3.63, 3.8) is 0 Å². The first-order valence-electron chi connectivity index (χ1n) is 4.96. The predicted octanol–water partition coefficient (Wildman–Crippen LogP) is 0.613. The number of rotatable bonds is 6. The Morgan fingerprint density at radius 1 is 1.69 bits per heavy atom. The molecule has 0 aliphatic carbocycles. The molecule has 0 radical (unpaired) electrons. The molecule has 5 nitrogen and oxygen atoms in total. The summed E-state index contributed by atoms with van der Waals surface area (Å²) in [6, 6.07) is 3.11. The number of nitrogens with zero attached hydrogens (tertiary/aromatic N) is 2. The van der Waals surface area contributed by atoms with Crippen LogP contribution >= 0.6 is 0 Å². The number of ether oxygens (including phenoxy) is 1. The SMILES string of the molecule is COCC(C(=O)O)N(C)Cc1cccnc1. The zero-order valence-electron chi connectivity index (χ0n) is 9.46. The van der Waals surface area contributed by atoms with Crippen LogP contribution in [0, 0.1) is 0 Å². The highest BCUT2D eigenvalue weighted by atomic mass is 16.5. The van der Waals surface area contributed by atoms with E-state index in [0.29, 0.717) is 6.54 Å². The minimum absolute atomic E-state index is 0.173. The van der Waals surface area contributed by atoms with Crippen molar-refractivity contribution in [3.05, 3.63) is 30.1 Å². The second kappa shape index (κ2) is 6.19. The largest absolute Gasteiger partial charge is 0.480 e. The molecule has 0 aliphatic heterocycles. The second-order valence-electron chi connectivity index (χ2n) is 3.59. The van der Waals surface area contributed by atoms with Crippen LogP contribution in [0.3, 0.4) is 0 Å². The fourth-order valence-electron chi connectivity index (χ4n) is 1.43. The topological polar surface area (TPSA) is 62.7 Å². The number of carboxylic acid groups (broad SMARTS) is 1. The third-order valence-electron chi connectivity index (χ3n) is 2.30. The third kappa shape index (κ3) is 3.60. The van der Waals surface area contributed by atoms with Gasteiger partial charge in [-0.15, -0.1) is 0 Å². The van der Waals surface area contributed by atoms with Crippen LogP contribution in [0.5, 0.6) is 0 Å². The zero-order valence-corrected chi connectivity index (χ0v) is 9.46. The molecule has 0 aromatic carbocycles. The standard InChI is InChI=1S/C11H16N2O3/c1-13(10(8-16-2)11(14)15)7-9-4-3-5-12-6-9/h3-6,10H,7-8H2,1-2H3,(H,14,15). The maximum Gasteiger partial charge on any atom is 0.323 e. The van der Waals surface area contributed by atoms with E-state index in [1.807, 2.05) is 12.1 Å². The molecule has 1 N–H and O–H groups in total. The summed E-state index contributed by atoms with van der Waals surface area (Å²) in [5, 5.41) is 9.02. The Balaban J connectivity index is 2.62. The van der Waals surface area contributed by atoms with Gasteiger partial charge in [0, 0.05) is 26.0 Å². The van der Waals surface area contributed by atoms with Gasteiger partial charge in [0.05, 0.1) is 6.61 Å². The third-order valence-corrected chi connectivity index (χ3v) is 2.30. The molecule has 0 amide bonds. The first-order valence-corrected chi connectivity index (χ1v) is 4.96. The highest BCUT2D eigenvalue weighted by molar-refractivity contribution is 5.73. The Morgan fingerprint density at radius 2 is 2.44 bits per heavy atom. The number of likely N-dealkylation sites (N-methyl/N-ethyl adjacent to an activating group) is 1. The van der Waals surface area contributed by atoms with Crippen molar-refractivity contribution < 1.29 is 14.6 Å². The van der Waals surface area contributed by atoms with E-state index in [1.54, 1.807) is 24.3 Å². The van der Waals surface area contributed by atoms with Gasteiger partial charge in [-0.2, -0.15) is 0 Å². The number of methoxy groups -OCH3 is 1. The molecular weight excluding hydrogens is 208 g/mol. The number of carboxylic acids is 1. The molecule has 16 heavy (non-hydrogen) atoms. The normalized spacial score (nSPS) is 12.7.